The molecule has 1 N–H and O–H groups in total. The Morgan fingerprint density at radius 3 is 2.67 bits per heavy atom. The van der Waals surface area contributed by atoms with E-state index >= 15 is 0 Å². The monoisotopic (exact) mass is 249 g/mol. The van der Waals surface area contributed by atoms with Crippen molar-refractivity contribution in [2.45, 2.75) is 52.6 Å². The maximum absolute atomic E-state index is 4.48. The summed E-state index contributed by atoms with van der Waals surface area (Å²) in [6.07, 6.45) is 4.17. The predicted molar refractivity (Wildman–Crippen MR) is 79.0 cm³/mol. The zero-order chi connectivity index (χ0) is 13.6. The van der Waals surface area contributed by atoms with Gasteiger partial charge < -0.3 is 10.2 Å². The largest absolute Gasteiger partial charge is 0.355 e. The fourth-order valence-electron chi connectivity index (χ4n) is 1.71. The van der Waals surface area contributed by atoms with E-state index in [2.05, 4.69) is 62.1 Å². The van der Waals surface area contributed by atoms with Crippen LogP contribution in [0.3, 0.4) is 0 Å². The molecule has 0 fully saturated rings. The molecular formula is C15H27N3. The number of aromatic nitrogens is 1. The lowest BCUT2D eigenvalue weighted by Crippen LogP contribution is -2.41. The molecular weight excluding hydrogens is 222 g/mol. The van der Waals surface area contributed by atoms with E-state index in [0.717, 1.165) is 25.3 Å². The van der Waals surface area contributed by atoms with E-state index in [-0.39, 0.29) is 5.54 Å². The van der Waals surface area contributed by atoms with E-state index < -0.39 is 0 Å². The standard InChI is InChI=1S/C15H27N3/c1-6-9-16-12-13-8-10-17-14(11-13)18(5)15(3,4)7-2/h8,10-11,16H,6-7,9,12H2,1-5H3. The van der Waals surface area contributed by atoms with E-state index in [9.17, 15) is 0 Å². The van der Waals surface area contributed by atoms with Crippen LogP contribution in [0.2, 0.25) is 0 Å². The van der Waals surface area contributed by atoms with Gasteiger partial charge in [0.1, 0.15) is 5.82 Å². The van der Waals surface area contributed by atoms with Crippen molar-refractivity contribution in [3.63, 3.8) is 0 Å². The van der Waals surface area contributed by atoms with Crippen molar-refractivity contribution < 1.29 is 0 Å². The van der Waals surface area contributed by atoms with Crippen LogP contribution in [0.15, 0.2) is 18.3 Å². The van der Waals surface area contributed by atoms with Crippen molar-refractivity contribution in [2.75, 3.05) is 18.5 Å². The maximum atomic E-state index is 4.48. The molecule has 0 unspecified atom stereocenters. The van der Waals surface area contributed by atoms with Crippen LogP contribution in [0.1, 0.15) is 46.1 Å². The average Bonchev–Trinajstić information content (AvgIpc) is 2.38. The number of hydrogen-bond acceptors (Lipinski definition) is 3. The first kappa shape index (κ1) is 15.0. The molecule has 3 nitrogen and oxygen atoms in total. The molecule has 0 atom stereocenters. The molecule has 0 saturated carbocycles. The van der Waals surface area contributed by atoms with Crippen LogP contribution >= 0.6 is 0 Å². The van der Waals surface area contributed by atoms with E-state index in [1.165, 1.54) is 12.0 Å². The van der Waals surface area contributed by atoms with Crippen molar-refractivity contribution >= 4 is 5.82 Å². The van der Waals surface area contributed by atoms with Crippen LogP contribution in [0.4, 0.5) is 5.82 Å². The molecule has 18 heavy (non-hydrogen) atoms. The maximum Gasteiger partial charge on any atom is 0.128 e. The topological polar surface area (TPSA) is 28.2 Å². The minimum Gasteiger partial charge on any atom is -0.355 e. The summed E-state index contributed by atoms with van der Waals surface area (Å²) in [7, 11) is 2.12. The second-order valence-corrected chi connectivity index (χ2v) is 5.42. The summed E-state index contributed by atoms with van der Waals surface area (Å²) in [5.74, 6) is 1.05. The fraction of sp³-hybridized carbons (Fsp3) is 0.667. The van der Waals surface area contributed by atoms with Gasteiger partial charge in [-0.15, -0.1) is 0 Å². The van der Waals surface area contributed by atoms with Crippen LogP contribution in [0.25, 0.3) is 0 Å². The number of hydrogen-bond donors (Lipinski definition) is 1. The first-order chi connectivity index (χ1) is 8.51. The zero-order valence-electron chi connectivity index (χ0n) is 12.5. The van der Waals surface area contributed by atoms with Crippen LogP contribution in [0.5, 0.6) is 0 Å². The number of nitrogens with one attached hydrogen (secondary N) is 1. The Morgan fingerprint density at radius 2 is 2.06 bits per heavy atom. The lowest BCUT2D eigenvalue weighted by molar-refractivity contribution is 0.467. The molecule has 1 rings (SSSR count). The van der Waals surface area contributed by atoms with Crippen LogP contribution in [0, 0.1) is 0 Å². The highest BCUT2D eigenvalue weighted by Crippen LogP contribution is 2.23. The molecule has 0 aliphatic heterocycles. The average molecular weight is 249 g/mol. The van der Waals surface area contributed by atoms with Gasteiger partial charge in [-0.05, 0) is 50.9 Å². The van der Waals surface area contributed by atoms with Crippen molar-refractivity contribution in [2.24, 2.45) is 0 Å². The quantitative estimate of drug-likeness (QED) is 0.752. The van der Waals surface area contributed by atoms with Crippen molar-refractivity contribution in [3.8, 4) is 0 Å². The Morgan fingerprint density at radius 1 is 1.33 bits per heavy atom. The predicted octanol–water partition coefficient (Wildman–Crippen LogP) is 3.21. The van der Waals surface area contributed by atoms with Crippen LogP contribution in [-0.4, -0.2) is 24.1 Å². The molecule has 0 bridgehead atoms. The van der Waals surface area contributed by atoms with Crippen LogP contribution in [-0.2, 0) is 6.54 Å². The summed E-state index contributed by atoms with van der Waals surface area (Å²) in [5, 5.41) is 3.42. The molecule has 3 heteroatoms. The number of pyridine rings is 1. The molecule has 0 radical (unpaired) electrons. The summed E-state index contributed by atoms with van der Waals surface area (Å²) < 4.78 is 0. The summed E-state index contributed by atoms with van der Waals surface area (Å²) >= 11 is 0. The van der Waals surface area contributed by atoms with Gasteiger partial charge in [0.25, 0.3) is 0 Å². The van der Waals surface area contributed by atoms with E-state index in [1.54, 1.807) is 0 Å². The van der Waals surface area contributed by atoms with Crippen molar-refractivity contribution in [1.82, 2.24) is 10.3 Å². The molecule has 1 aromatic heterocycles. The Labute approximate surface area is 112 Å². The summed E-state index contributed by atoms with van der Waals surface area (Å²) in [6, 6.07) is 4.26. The van der Waals surface area contributed by atoms with Gasteiger partial charge in [0.15, 0.2) is 0 Å². The number of rotatable bonds is 7. The third-order valence-electron chi connectivity index (χ3n) is 3.68. The van der Waals surface area contributed by atoms with Gasteiger partial charge in [0, 0.05) is 25.3 Å². The lowest BCUT2D eigenvalue weighted by Gasteiger charge is -2.36. The van der Waals surface area contributed by atoms with Gasteiger partial charge in [-0.2, -0.15) is 0 Å². The fourth-order valence-corrected chi connectivity index (χ4v) is 1.71. The van der Waals surface area contributed by atoms with Gasteiger partial charge in [-0.1, -0.05) is 13.8 Å². The molecule has 102 valence electrons. The molecule has 0 aliphatic carbocycles. The summed E-state index contributed by atoms with van der Waals surface area (Å²) in [5.41, 5.74) is 1.44. The highest BCUT2D eigenvalue weighted by molar-refractivity contribution is 5.42. The van der Waals surface area contributed by atoms with Crippen LogP contribution < -0.4 is 10.2 Å². The minimum atomic E-state index is 0.141. The van der Waals surface area contributed by atoms with Gasteiger partial charge in [0.2, 0.25) is 0 Å². The van der Waals surface area contributed by atoms with Gasteiger partial charge in [0.05, 0.1) is 0 Å². The van der Waals surface area contributed by atoms with Crippen molar-refractivity contribution in [1.29, 1.82) is 0 Å². The Kier molecular flexibility index (Phi) is 5.60. The highest BCUT2D eigenvalue weighted by Gasteiger charge is 2.22. The summed E-state index contributed by atoms with van der Waals surface area (Å²) in [4.78, 5) is 6.74. The van der Waals surface area contributed by atoms with Gasteiger partial charge >= 0.3 is 0 Å². The van der Waals surface area contributed by atoms with Crippen molar-refractivity contribution in [3.05, 3.63) is 23.9 Å². The molecule has 0 aromatic carbocycles. The lowest BCUT2D eigenvalue weighted by atomic mass is 10.00. The second kappa shape index (κ2) is 6.74. The van der Waals surface area contributed by atoms with E-state index in [1.807, 2.05) is 6.20 Å². The molecule has 0 saturated heterocycles. The smallest absolute Gasteiger partial charge is 0.128 e. The third kappa shape index (κ3) is 3.98. The first-order valence-electron chi connectivity index (χ1n) is 6.90. The van der Waals surface area contributed by atoms with E-state index in [0.29, 0.717) is 0 Å². The SMILES string of the molecule is CCCNCc1ccnc(N(C)C(C)(C)CC)c1. The Hall–Kier alpha value is -1.09. The minimum absolute atomic E-state index is 0.141. The molecule has 1 aromatic rings. The molecule has 0 aliphatic rings. The Balaban J connectivity index is 2.75. The number of anilines is 1. The zero-order valence-corrected chi connectivity index (χ0v) is 12.5. The van der Waals surface area contributed by atoms with E-state index in [4.69, 9.17) is 0 Å². The molecule has 0 spiro atoms. The Bertz CT molecular complexity index is 361. The first-order valence-corrected chi connectivity index (χ1v) is 6.90. The number of nitrogens with zero attached hydrogens (tertiary/aromatic N) is 2. The third-order valence-corrected chi connectivity index (χ3v) is 3.68. The second-order valence-electron chi connectivity index (χ2n) is 5.42. The van der Waals surface area contributed by atoms with Gasteiger partial charge in [-0.3, -0.25) is 0 Å². The normalized spacial score (nSPS) is 11.6. The molecule has 1 heterocycles. The van der Waals surface area contributed by atoms with Gasteiger partial charge in [-0.25, -0.2) is 4.98 Å². The highest BCUT2D eigenvalue weighted by atomic mass is 15.2. The molecule has 0 amide bonds. The summed E-state index contributed by atoms with van der Waals surface area (Å²) in [6.45, 7) is 10.9.